The summed E-state index contributed by atoms with van der Waals surface area (Å²) in [6, 6.07) is 7.99. The number of pyridine rings is 1. The van der Waals surface area contributed by atoms with Crippen LogP contribution in [0.1, 0.15) is 29.3 Å². The van der Waals surface area contributed by atoms with E-state index in [4.69, 9.17) is 4.74 Å². The highest BCUT2D eigenvalue weighted by Gasteiger charge is 2.17. The van der Waals surface area contributed by atoms with Gasteiger partial charge in [0.1, 0.15) is 5.65 Å². The first kappa shape index (κ1) is 25.7. The second-order valence-corrected chi connectivity index (χ2v) is 9.36. The first-order chi connectivity index (χ1) is 16.3. The highest BCUT2D eigenvalue weighted by atomic mass is 79.9. The predicted molar refractivity (Wildman–Crippen MR) is 143 cm³/mol. The summed E-state index contributed by atoms with van der Waals surface area (Å²) < 4.78 is 6.35. The van der Waals surface area contributed by atoms with Crippen molar-refractivity contribution in [1.82, 2.24) is 19.8 Å². The number of allylic oxidation sites excluding steroid dienone is 4. The number of nitrogens with zero attached hydrogens (tertiary/aromatic N) is 3. The molecule has 3 rings (SSSR count). The molecular weight excluding hydrogens is 492 g/mol. The summed E-state index contributed by atoms with van der Waals surface area (Å²) in [4.78, 5) is 24.8. The minimum atomic E-state index is -0.0121. The standard InChI is InChI=1S/C27H33BrN4O2/c1-6-7-8-9-22(34-5)14-21-18-30-26-23(21)16-20(17-29-26)19-10-11-25(28)24(15-19)27(33)32(4)13-12-31(2)3/h7-11,15-18H,6,12-14H2,1-5H3,(H,29,30)/b8-7-,22-9+. The van der Waals surface area contributed by atoms with Crippen LogP contribution in [0.5, 0.6) is 0 Å². The molecule has 0 atom stereocenters. The van der Waals surface area contributed by atoms with Crippen LogP contribution in [0.15, 0.2) is 65.1 Å². The molecule has 0 radical (unpaired) electrons. The number of methoxy groups -OCH3 is 1. The van der Waals surface area contributed by atoms with E-state index in [1.807, 2.05) is 63.9 Å². The Morgan fingerprint density at radius 1 is 1.18 bits per heavy atom. The summed E-state index contributed by atoms with van der Waals surface area (Å²) in [7, 11) is 7.53. The molecule has 2 heterocycles. The number of amides is 1. The first-order valence-electron chi connectivity index (χ1n) is 11.4. The molecule has 1 amide bonds. The van der Waals surface area contributed by atoms with Crippen molar-refractivity contribution in [3.05, 3.63) is 76.2 Å². The van der Waals surface area contributed by atoms with Crippen LogP contribution in [0.4, 0.5) is 0 Å². The number of carbonyl (C=O) groups is 1. The zero-order chi connectivity index (χ0) is 24.7. The lowest BCUT2D eigenvalue weighted by Crippen LogP contribution is -2.33. The first-order valence-corrected chi connectivity index (χ1v) is 12.2. The number of nitrogens with one attached hydrogen (secondary N) is 1. The lowest BCUT2D eigenvalue weighted by Gasteiger charge is -2.20. The second kappa shape index (κ2) is 12.0. The van der Waals surface area contributed by atoms with E-state index in [2.05, 4.69) is 49.9 Å². The van der Waals surface area contributed by atoms with E-state index in [1.165, 1.54) is 0 Å². The third-order valence-corrected chi connectivity index (χ3v) is 6.35. The number of fused-ring (bicyclic) bond motifs is 1. The number of rotatable bonds is 10. The van der Waals surface area contributed by atoms with Gasteiger partial charge in [-0.1, -0.05) is 25.1 Å². The maximum Gasteiger partial charge on any atom is 0.254 e. The molecule has 0 bridgehead atoms. The van der Waals surface area contributed by atoms with Gasteiger partial charge in [-0.3, -0.25) is 4.79 Å². The third-order valence-electron chi connectivity index (χ3n) is 5.66. The third kappa shape index (κ3) is 6.36. The molecule has 7 heteroatoms. The van der Waals surface area contributed by atoms with Crippen molar-refractivity contribution in [2.24, 2.45) is 0 Å². The van der Waals surface area contributed by atoms with Gasteiger partial charge in [0, 0.05) is 54.4 Å². The van der Waals surface area contributed by atoms with Crippen molar-refractivity contribution in [3.63, 3.8) is 0 Å². The molecule has 34 heavy (non-hydrogen) atoms. The molecule has 0 saturated carbocycles. The molecule has 0 unspecified atom stereocenters. The summed E-state index contributed by atoms with van der Waals surface area (Å²) in [5, 5.41) is 1.04. The lowest BCUT2D eigenvalue weighted by atomic mass is 10.0. The molecule has 0 aliphatic heterocycles. The van der Waals surface area contributed by atoms with E-state index >= 15 is 0 Å². The monoisotopic (exact) mass is 524 g/mol. The Hall–Kier alpha value is -2.90. The van der Waals surface area contributed by atoms with Gasteiger partial charge in [0.05, 0.1) is 18.4 Å². The number of ether oxygens (including phenoxy) is 1. The van der Waals surface area contributed by atoms with Gasteiger partial charge in [-0.25, -0.2) is 4.98 Å². The summed E-state index contributed by atoms with van der Waals surface area (Å²) in [6.07, 6.45) is 11.6. The second-order valence-electron chi connectivity index (χ2n) is 8.51. The van der Waals surface area contributed by atoms with Gasteiger partial charge in [0.15, 0.2) is 0 Å². The largest absolute Gasteiger partial charge is 0.501 e. The van der Waals surface area contributed by atoms with E-state index in [-0.39, 0.29) is 5.91 Å². The van der Waals surface area contributed by atoms with E-state index in [9.17, 15) is 4.79 Å². The maximum atomic E-state index is 13.1. The summed E-state index contributed by atoms with van der Waals surface area (Å²) in [5.74, 6) is 0.871. The Bertz CT molecular complexity index is 1200. The average Bonchev–Trinajstić information content (AvgIpc) is 3.23. The fourth-order valence-electron chi connectivity index (χ4n) is 3.59. The lowest BCUT2D eigenvalue weighted by molar-refractivity contribution is 0.0785. The molecule has 2 aromatic heterocycles. The Morgan fingerprint density at radius 2 is 1.97 bits per heavy atom. The molecule has 0 spiro atoms. The number of aromatic amines is 1. The van der Waals surface area contributed by atoms with Crippen molar-refractivity contribution in [2.75, 3.05) is 41.3 Å². The number of carbonyl (C=O) groups excluding carboxylic acids is 1. The number of aromatic nitrogens is 2. The van der Waals surface area contributed by atoms with Gasteiger partial charge in [0.25, 0.3) is 5.91 Å². The van der Waals surface area contributed by atoms with Crippen LogP contribution < -0.4 is 0 Å². The topological polar surface area (TPSA) is 61.5 Å². The zero-order valence-corrected chi connectivity index (χ0v) is 22.1. The molecule has 3 aromatic rings. The van der Waals surface area contributed by atoms with E-state index in [0.29, 0.717) is 18.5 Å². The van der Waals surface area contributed by atoms with E-state index in [1.54, 1.807) is 12.0 Å². The Labute approximate surface area is 210 Å². The molecule has 180 valence electrons. The number of H-pyrrole nitrogens is 1. The van der Waals surface area contributed by atoms with Gasteiger partial charge in [-0.15, -0.1) is 0 Å². The SMILES string of the molecule is CC/C=C\C=C(/Cc1c[nH]c2ncc(-c3ccc(Br)c(C(=O)N(C)CCN(C)C)c3)cc12)OC. The summed E-state index contributed by atoms with van der Waals surface area (Å²) >= 11 is 3.55. The van der Waals surface area contributed by atoms with Crippen LogP contribution >= 0.6 is 15.9 Å². The van der Waals surface area contributed by atoms with Crippen molar-refractivity contribution in [2.45, 2.75) is 19.8 Å². The smallest absolute Gasteiger partial charge is 0.254 e. The summed E-state index contributed by atoms with van der Waals surface area (Å²) in [6.45, 7) is 3.57. The number of hydrogen-bond acceptors (Lipinski definition) is 4. The molecule has 0 aliphatic rings. The highest BCUT2D eigenvalue weighted by Crippen LogP contribution is 2.29. The van der Waals surface area contributed by atoms with Gasteiger partial charge >= 0.3 is 0 Å². The van der Waals surface area contributed by atoms with Gasteiger partial charge in [0.2, 0.25) is 0 Å². The fraction of sp³-hybridized carbons (Fsp3) is 0.333. The van der Waals surface area contributed by atoms with Crippen LogP contribution in [0.25, 0.3) is 22.2 Å². The molecule has 0 aliphatic carbocycles. The molecule has 6 nitrogen and oxygen atoms in total. The Kier molecular flexibility index (Phi) is 9.07. The van der Waals surface area contributed by atoms with Crippen molar-refractivity contribution in [1.29, 1.82) is 0 Å². The number of hydrogen-bond donors (Lipinski definition) is 1. The van der Waals surface area contributed by atoms with Crippen molar-refractivity contribution in [3.8, 4) is 11.1 Å². The average molecular weight is 525 g/mol. The van der Waals surface area contributed by atoms with Gasteiger partial charge in [-0.2, -0.15) is 0 Å². The van der Waals surface area contributed by atoms with E-state index in [0.717, 1.165) is 50.9 Å². The highest BCUT2D eigenvalue weighted by molar-refractivity contribution is 9.10. The zero-order valence-electron chi connectivity index (χ0n) is 20.6. The molecular formula is C27H33BrN4O2. The Balaban J connectivity index is 1.91. The molecule has 0 fully saturated rings. The predicted octanol–water partition coefficient (Wildman–Crippen LogP) is 5.67. The van der Waals surface area contributed by atoms with Crippen LogP contribution in [0.3, 0.4) is 0 Å². The fourth-order valence-corrected chi connectivity index (χ4v) is 4.00. The maximum absolute atomic E-state index is 13.1. The molecule has 1 N–H and O–H groups in total. The van der Waals surface area contributed by atoms with Crippen LogP contribution in [0.2, 0.25) is 0 Å². The summed E-state index contributed by atoms with van der Waals surface area (Å²) in [5.41, 5.74) is 4.48. The van der Waals surface area contributed by atoms with Crippen LogP contribution in [-0.4, -0.2) is 67.0 Å². The molecule has 1 aromatic carbocycles. The number of likely N-dealkylation sites (N-methyl/N-ethyl adjacent to an activating group) is 2. The van der Waals surface area contributed by atoms with Gasteiger partial charge < -0.3 is 19.5 Å². The normalized spacial score (nSPS) is 12.1. The quantitative estimate of drug-likeness (QED) is 0.274. The van der Waals surface area contributed by atoms with E-state index < -0.39 is 0 Å². The number of halogens is 1. The van der Waals surface area contributed by atoms with Crippen molar-refractivity contribution < 1.29 is 9.53 Å². The Morgan fingerprint density at radius 3 is 2.68 bits per heavy atom. The molecule has 0 saturated heterocycles. The number of benzene rings is 1. The minimum absolute atomic E-state index is 0.0121. The van der Waals surface area contributed by atoms with Gasteiger partial charge in [-0.05, 0) is 71.8 Å². The van der Waals surface area contributed by atoms with Crippen LogP contribution in [-0.2, 0) is 11.2 Å². The van der Waals surface area contributed by atoms with Crippen molar-refractivity contribution >= 4 is 32.9 Å². The minimum Gasteiger partial charge on any atom is -0.501 e. The van der Waals surface area contributed by atoms with Crippen LogP contribution in [0, 0.1) is 0 Å².